The number of aryl methyl sites for hydroxylation is 1. The second-order valence-corrected chi connectivity index (χ2v) is 5.66. The topological polar surface area (TPSA) is 89.8 Å². The monoisotopic (exact) mass is 346 g/mol. The molecule has 0 aliphatic heterocycles. The summed E-state index contributed by atoms with van der Waals surface area (Å²) in [5.41, 5.74) is 2.03. The highest BCUT2D eigenvalue weighted by molar-refractivity contribution is 5.93. The summed E-state index contributed by atoms with van der Waals surface area (Å²) in [4.78, 5) is 23.8. The Morgan fingerprint density at radius 3 is 2.36 bits per heavy atom. The van der Waals surface area contributed by atoms with Gasteiger partial charge in [0.2, 0.25) is 0 Å². The van der Waals surface area contributed by atoms with Crippen molar-refractivity contribution in [2.24, 2.45) is 7.05 Å². The number of nitrogens with one attached hydrogen (secondary N) is 1. The van der Waals surface area contributed by atoms with Crippen molar-refractivity contribution in [1.82, 2.24) is 9.88 Å². The standard InChI is InChI=1S/C18H22N2O5/c1-11-5-7-14(20(11)2)18(23)19-13(10-17(21)22)12-6-8-15(24-3)16(9-12)25-4/h5-9,13H,10H2,1-4H3,(H,19,23)(H,21,22)/t13-/m1/s1. The van der Waals surface area contributed by atoms with Gasteiger partial charge in [-0.15, -0.1) is 0 Å². The second kappa shape index (κ2) is 7.74. The molecule has 0 radical (unpaired) electrons. The quantitative estimate of drug-likeness (QED) is 0.803. The van der Waals surface area contributed by atoms with Gasteiger partial charge >= 0.3 is 5.97 Å². The van der Waals surface area contributed by atoms with Gasteiger partial charge in [0.1, 0.15) is 5.69 Å². The smallest absolute Gasteiger partial charge is 0.305 e. The summed E-state index contributed by atoms with van der Waals surface area (Å²) in [6.07, 6.45) is -0.245. The zero-order valence-electron chi connectivity index (χ0n) is 14.7. The Morgan fingerprint density at radius 2 is 1.84 bits per heavy atom. The summed E-state index contributed by atoms with van der Waals surface area (Å²) in [5.74, 6) is -0.344. The molecule has 0 aliphatic rings. The number of methoxy groups -OCH3 is 2. The number of amides is 1. The third-order valence-electron chi connectivity index (χ3n) is 4.10. The molecular formula is C18H22N2O5. The molecule has 2 N–H and O–H groups in total. The fraction of sp³-hybridized carbons (Fsp3) is 0.333. The molecule has 25 heavy (non-hydrogen) atoms. The molecule has 1 amide bonds. The van der Waals surface area contributed by atoms with Gasteiger partial charge in [-0.1, -0.05) is 6.07 Å². The molecule has 0 bridgehead atoms. The predicted octanol–water partition coefficient (Wildman–Crippen LogP) is 2.30. The number of rotatable bonds is 7. The van der Waals surface area contributed by atoms with E-state index < -0.39 is 12.0 Å². The van der Waals surface area contributed by atoms with Crippen LogP contribution in [0.5, 0.6) is 11.5 Å². The summed E-state index contributed by atoms with van der Waals surface area (Å²) in [6.45, 7) is 1.89. The minimum absolute atomic E-state index is 0.245. The van der Waals surface area contributed by atoms with Crippen molar-refractivity contribution < 1.29 is 24.2 Å². The number of benzene rings is 1. The molecule has 1 heterocycles. The summed E-state index contributed by atoms with van der Waals surface area (Å²) >= 11 is 0. The van der Waals surface area contributed by atoms with Crippen molar-refractivity contribution in [1.29, 1.82) is 0 Å². The number of aliphatic carboxylic acids is 1. The number of nitrogens with zero attached hydrogens (tertiary/aromatic N) is 1. The van der Waals surface area contributed by atoms with E-state index in [0.717, 1.165) is 5.69 Å². The van der Waals surface area contributed by atoms with E-state index in [4.69, 9.17) is 9.47 Å². The zero-order valence-corrected chi connectivity index (χ0v) is 14.7. The van der Waals surface area contributed by atoms with Gasteiger partial charge in [-0.25, -0.2) is 0 Å². The largest absolute Gasteiger partial charge is 0.493 e. The Morgan fingerprint density at radius 1 is 1.16 bits per heavy atom. The van der Waals surface area contributed by atoms with E-state index in [9.17, 15) is 14.7 Å². The molecule has 2 aromatic rings. The highest BCUT2D eigenvalue weighted by atomic mass is 16.5. The Bertz CT molecular complexity index is 782. The predicted molar refractivity (Wildman–Crippen MR) is 92.2 cm³/mol. The van der Waals surface area contributed by atoms with E-state index in [1.54, 1.807) is 35.9 Å². The van der Waals surface area contributed by atoms with Gasteiger partial charge in [0.25, 0.3) is 5.91 Å². The van der Waals surface area contributed by atoms with Crippen LogP contribution in [0, 0.1) is 6.92 Å². The molecular weight excluding hydrogens is 324 g/mol. The highest BCUT2D eigenvalue weighted by Gasteiger charge is 2.22. The van der Waals surface area contributed by atoms with Crippen LogP contribution >= 0.6 is 0 Å². The molecule has 0 saturated carbocycles. The van der Waals surface area contributed by atoms with Gasteiger partial charge in [0.15, 0.2) is 11.5 Å². The molecule has 134 valence electrons. The molecule has 0 aliphatic carbocycles. The highest BCUT2D eigenvalue weighted by Crippen LogP contribution is 2.31. The minimum atomic E-state index is -1.01. The third-order valence-corrected chi connectivity index (χ3v) is 4.10. The number of hydrogen-bond acceptors (Lipinski definition) is 4. The Labute approximate surface area is 146 Å². The summed E-state index contributed by atoms with van der Waals surface area (Å²) in [7, 11) is 4.80. The average Bonchev–Trinajstić information content (AvgIpc) is 2.92. The van der Waals surface area contributed by atoms with E-state index in [0.29, 0.717) is 22.8 Å². The van der Waals surface area contributed by atoms with Crippen LogP contribution in [0.4, 0.5) is 0 Å². The molecule has 0 unspecified atom stereocenters. The Balaban J connectivity index is 2.31. The fourth-order valence-corrected chi connectivity index (χ4v) is 2.57. The van der Waals surface area contributed by atoms with Crippen molar-refractivity contribution in [3.05, 3.63) is 47.3 Å². The number of carbonyl (C=O) groups excluding carboxylic acids is 1. The molecule has 7 heteroatoms. The molecule has 7 nitrogen and oxygen atoms in total. The minimum Gasteiger partial charge on any atom is -0.493 e. The van der Waals surface area contributed by atoms with Crippen LogP contribution in [0.1, 0.15) is 34.2 Å². The molecule has 1 aromatic carbocycles. The number of aromatic nitrogens is 1. The first kappa shape index (κ1) is 18.4. The molecule has 2 rings (SSSR count). The maximum absolute atomic E-state index is 12.5. The summed E-state index contributed by atoms with van der Waals surface area (Å²) in [5, 5.41) is 12.0. The van der Waals surface area contributed by atoms with Crippen molar-refractivity contribution in [3.63, 3.8) is 0 Å². The normalized spacial score (nSPS) is 11.7. The van der Waals surface area contributed by atoms with E-state index in [1.807, 2.05) is 13.0 Å². The van der Waals surface area contributed by atoms with Crippen LogP contribution in [-0.4, -0.2) is 35.8 Å². The van der Waals surface area contributed by atoms with Gasteiger partial charge in [-0.2, -0.15) is 0 Å². The van der Waals surface area contributed by atoms with Gasteiger partial charge < -0.3 is 24.5 Å². The third kappa shape index (κ3) is 4.12. The average molecular weight is 346 g/mol. The van der Waals surface area contributed by atoms with Gasteiger partial charge in [-0.05, 0) is 36.8 Å². The molecule has 0 saturated heterocycles. The van der Waals surface area contributed by atoms with Crippen LogP contribution < -0.4 is 14.8 Å². The lowest BCUT2D eigenvalue weighted by Gasteiger charge is -2.19. The SMILES string of the molecule is COc1ccc([C@@H](CC(=O)O)NC(=O)c2ccc(C)n2C)cc1OC. The van der Waals surface area contributed by atoms with Crippen LogP contribution in [-0.2, 0) is 11.8 Å². The summed E-state index contributed by atoms with van der Waals surface area (Å²) in [6, 6.07) is 7.91. The van der Waals surface area contributed by atoms with E-state index in [2.05, 4.69) is 5.32 Å². The van der Waals surface area contributed by atoms with Crippen LogP contribution in [0.25, 0.3) is 0 Å². The van der Waals surface area contributed by atoms with E-state index in [-0.39, 0.29) is 12.3 Å². The first-order valence-corrected chi connectivity index (χ1v) is 7.74. The number of ether oxygens (including phenoxy) is 2. The maximum atomic E-state index is 12.5. The fourth-order valence-electron chi connectivity index (χ4n) is 2.57. The maximum Gasteiger partial charge on any atom is 0.305 e. The summed E-state index contributed by atoms with van der Waals surface area (Å²) < 4.78 is 12.2. The van der Waals surface area contributed by atoms with Crippen molar-refractivity contribution in [3.8, 4) is 11.5 Å². The lowest BCUT2D eigenvalue weighted by atomic mass is 10.0. The first-order chi connectivity index (χ1) is 11.9. The number of carboxylic acid groups (broad SMARTS) is 1. The van der Waals surface area contributed by atoms with Gasteiger partial charge in [-0.3, -0.25) is 9.59 Å². The molecule has 1 aromatic heterocycles. The molecule has 0 spiro atoms. The van der Waals surface area contributed by atoms with Crippen LogP contribution in [0.3, 0.4) is 0 Å². The second-order valence-electron chi connectivity index (χ2n) is 5.66. The lowest BCUT2D eigenvalue weighted by Crippen LogP contribution is -2.31. The van der Waals surface area contributed by atoms with E-state index >= 15 is 0 Å². The van der Waals surface area contributed by atoms with Crippen molar-refractivity contribution >= 4 is 11.9 Å². The van der Waals surface area contributed by atoms with Gasteiger partial charge in [0, 0.05) is 12.7 Å². The Hall–Kier alpha value is -2.96. The van der Waals surface area contributed by atoms with Crippen molar-refractivity contribution in [2.75, 3.05) is 14.2 Å². The van der Waals surface area contributed by atoms with E-state index in [1.165, 1.54) is 14.2 Å². The molecule has 0 fully saturated rings. The number of carbonyl (C=O) groups is 2. The van der Waals surface area contributed by atoms with Gasteiger partial charge in [0.05, 0.1) is 26.7 Å². The number of hydrogen-bond donors (Lipinski definition) is 2. The zero-order chi connectivity index (χ0) is 18.6. The van der Waals surface area contributed by atoms with Crippen LogP contribution in [0.2, 0.25) is 0 Å². The molecule has 1 atom stereocenters. The van der Waals surface area contributed by atoms with Crippen LogP contribution in [0.15, 0.2) is 30.3 Å². The number of carboxylic acids is 1. The van der Waals surface area contributed by atoms with Crippen molar-refractivity contribution in [2.45, 2.75) is 19.4 Å². The lowest BCUT2D eigenvalue weighted by molar-refractivity contribution is -0.137. The Kier molecular flexibility index (Phi) is 5.69. The first-order valence-electron chi connectivity index (χ1n) is 7.74.